The average molecular weight is 287 g/mol. The number of hydrogen-bond acceptors (Lipinski definition) is 4. The number of benzene rings is 2. The number of hydrogen-bond donors (Lipinski definition) is 1. The highest BCUT2D eigenvalue weighted by Crippen LogP contribution is 2.27. The summed E-state index contributed by atoms with van der Waals surface area (Å²) in [6.07, 6.45) is 0. The second-order valence-corrected chi connectivity index (χ2v) is 4.80. The lowest BCUT2D eigenvalue weighted by atomic mass is 10.1. The molecule has 2 rings (SSSR count). The van der Waals surface area contributed by atoms with Crippen LogP contribution in [0.3, 0.4) is 0 Å². The van der Waals surface area contributed by atoms with Crippen LogP contribution < -0.4 is 19.9 Å². The van der Waals surface area contributed by atoms with E-state index in [0.29, 0.717) is 13.2 Å². The minimum Gasteiger partial charge on any atom is -0.497 e. The van der Waals surface area contributed by atoms with Crippen molar-refractivity contribution >= 4 is 5.69 Å². The normalized spacial score (nSPS) is 10.2. The number of nitrogen functional groups attached to an aromatic ring is 1. The predicted octanol–water partition coefficient (Wildman–Crippen LogP) is 3.35. The molecule has 2 aromatic carbocycles. The molecular formula is C17H21NO3. The van der Waals surface area contributed by atoms with Crippen molar-refractivity contribution in [1.29, 1.82) is 0 Å². The molecule has 0 spiro atoms. The van der Waals surface area contributed by atoms with Crippen LogP contribution in [-0.2, 0) is 0 Å². The third kappa shape index (κ3) is 3.81. The molecule has 112 valence electrons. The van der Waals surface area contributed by atoms with Crippen molar-refractivity contribution in [2.45, 2.75) is 13.8 Å². The van der Waals surface area contributed by atoms with Gasteiger partial charge in [-0.1, -0.05) is 6.07 Å². The van der Waals surface area contributed by atoms with Crippen LogP contribution in [0.5, 0.6) is 17.2 Å². The molecule has 0 heterocycles. The first-order chi connectivity index (χ1) is 10.1. The van der Waals surface area contributed by atoms with Crippen LogP contribution >= 0.6 is 0 Å². The second-order valence-electron chi connectivity index (χ2n) is 4.80. The van der Waals surface area contributed by atoms with E-state index in [0.717, 1.165) is 34.1 Å². The molecule has 0 aliphatic rings. The van der Waals surface area contributed by atoms with E-state index in [2.05, 4.69) is 0 Å². The van der Waals surface area contributed by atoms with Gasteiger partial charge in [0.15, 0.2) is 0 Å². The van der Waals surface area contributed by atoms with Crippen molar-refractivity contribution in [3.63, 3.8) is 0 Å². The van der Waals surface area contributed by atoms with Gasteiger partial charge < -0.3 is 19.9 Å². The lowest BCUT2D eigenvalue weighted by Gasteiger charge is -2.14. The highest BCUT2D eigenvalue weighted by atomic mass is 16.5. The minimum absolute atomic E-state index is 0.469. The lowest BCUT2D eigenvalue weighted by molar-refractivity contribution is 0.215. The molecule has 0 saturated carbocycles. The van der Waals surface area contributed by atoms with Crippen molar-refractivity contribution in [3.05, 3.63) is 47.5 Å². The molecule has 0 aliphatic carbocycles. The van der Waals surface area contributed by atoms with Gasteiger partial charge in [-0.3, -0.25) is 0 Å². The highest BCUT2D eigenvalue weighted by molar-refractivity contribution is 5.56. The van der Waals surface area contributed by atoms with E-state index < -0.39 is 0 Å². The predicted molar refractivity (Wildman–Crippen MR) is 84.3 cm³/mol. The fraction of sp³-hybridized carbons (Fsp3) is 0.294. The molecule has 4 nitrogen and oxygen atoms in total. The number of anilines is 1. The number of rotatable bonds is 6. The summed E-state index contributed by atoms with van der Waals surface area (Å²) in [6, 6.07) is 11.3. The second kappa shape index (κ2) is 6.88. The molecule has 0 fully saturated rings. The van der Waals surface area contributed by atoms with Crippen LogP contribution in [0.15, 0.2) is 36.4 Å². The summed E-state index contributed by atoms with van der Waals surface area (Å²) < 4.78 is 16.5. The van der Waals surface area contributed by atoms with Crippen LogP contribution in [-0.4, -0.2) is 20.3 Å². The molecule has 0 amide bonds. The Morgan fingerprint density at radius 2 is 1.48 bits per heavy atom. The first-order valence-corrected chi connectivity index (χ1v) is 6.87. The Bertz CT molecular complexity index is 594. The Kier molecular flexibility index (Phi) is 4.93. The molecular weight excluding hydrogens is 266 g/mol. The van der Waals surface area contributed by atoms with E-state index in [4.69, 9.17) is 19.9 Å². The van der Waals surface area contributed by atoms with Gasteiger partial charge in [-0.2, -0.15) is 0 Å². The molecule has 2 aromatic rings. The fourth-order valence-electron chi connectivity index (χ4n) is 2.04. The van der Waals surface area contributed by atoms with E-state index >= 15 is 0 Å². The molecule has 0 radical (unpaired) electrons. The average Bonchev–Trinajstić information content (AvgIpc) is 2.51. The zero-order valence-corrected chi connectivity index (χ0v) is 12.7. The van der Waals surface area contributed by atoms with Crippen molar-refractivity contribution < 1.29 is 14.2 Å². The van der Waals surface area contributed by atoms with Crippen LogP contribution in [0.4, 0.5) is 5.69 Å². The van der Waals surface area contributed by atoms with Gasteiger partial charge in [0.2, 0.25) is 0 Å². The summed E-state index contributed by atoms with van der Waals surface area (Å²) in [5.41, 5.74) is 8.68. The van der Waals surface area contributed by atoms with E-state index in [-0.39, 0.29) is 0 Å². The molecule has 0 unspecified atom stereocenters. The van der Waals surface area contributed by atoms with Crippen molar-refractivity contribution in [3.8, 4) is 17.2 Å². The Morgan fingerprint density at radius 1 is 0.857 bits per heavy atom. The molecule has 0 aromatic heterocycles. The Labute approximate surface area is 125 Å². The van der Waals surface area contributed by atoms with E-state index in [9.17, 15) is 0 Å². The van der Waals surface area contributed by atoms with E-state index in [1.165, 1.54) is 0 Å². The van der Waals surface area contributed by atoms with Gasteiger partial charge >= 0.3 is 0 Å². The highest BCUT2D eigenvalue weighted by Gasteiger charge is 2.06. The van der Waals surface area contributed by atoms with E-state index in [1.807, 2.05) is 50.2 Å². The van der Waals surface area contributed by atoms with Crippen molar-refractivity contribution in [2.75, 3.05) is 26.1 Å². The van der Waals surface area contributed by atoms with Gasteiger partial charge in [-0.15, -0.1) is 0 Å². The summed E-state index contributed by atoms with van der Waals surface area (Å²) >= 11 is 0. The minimum atomic E-state index is 0.469. The number of aryl methyl sites for hydroxylation is 1. The molecule has 21 heavy (non-hydrogen) atoms. The summed E-state index contributed by atoms with van der Waals surface area (Å²) in [4.78, 5) is 0. The maximum absolute atomic E-state index is 5.89. The van der Waals surface area contributed by atoms with Gasteiger partial charge in [0.05, 0.1) is 7.11 Å². The van der Waals surface area contributed by atoms with Crippen LogP contribution in [0.2, 0.25) is 0 Å². The van der Waals surface area contributed by atoms with Gasteiger partial charge in [0.25, 0.3) is 0 Å². The van der Waals surface area contributed by atoms with Crippen LogP contribution in [0.25, 0.3) is 0 Å². The Balaban J connectivity index is 1.86. The third-order valence-electron chi connectivity index (χ3n) is 3.30. The molecule has 0 atom stereocenters. The standard InChI is InChI=1S/C17H21NO3/c1-12-4-9-16(18)13(2)17(12)21-11-10-20-15-7-5-14(19-3)6-8-15/h4-9H,10-11,18H2,1-3H3. The van der Waals surface area contributed by atoms with Crippen molar-refractivity contribution in [1.82, 2.24) is 0 Å². The van der Waals surface area contributed by atoms with Gasteiger partial charge in [0.1, 0.15) is 30.5 Å². The zero-order chi connectivity index (χ0) is 15.2. The summed E-state index contributed by atoms with van der Waals surface area (Å²) in [6.45, 7) is 4.91. The van der Waals surface area contributed by atoms with Gasteiger partial charge in [-0.05, 0) is 49.7 Å². The summed E-state index contributed by atoms with van der Waals surface area (Å²) in [5.74, 6) is 2.44. The maximum Gasteiger partial charge on any atom is 0.127 e. The number of methoxy groups -OCH3 is 1. The van der Waals surface area contributed by atoms with Gasteiger partial charge in [-0.25, -0.2) is 0 Å². The quantitative estimate of drug-likeness (QED) is 0.654. The van der Waals surface area contributed by atoms with Crippen LogP contribution in [0.1, 0.15) is 11.1 Å². The Hall–Kier alpha value is -2.36. The molecule has 0 saturated heterocycles. The van der Waals surface area contributed by atoms with Gasteiger partial charge in [0, 0.05) is 11.3 Å². The number of nitrogens with two attached hydrogens (primary N) is 1. The summed E-state index contributed by atoms with van der Waals surface area (Å²) in [7, 11) is 1.64. The zero-order valence-electron chi connectivity index (χ0n) is 12.7. The fourth-order valence-corrected chi connectivity index (χ4v) is 2.04. The molecule has 2 N–H and O–H groups in total. The largest absolute Gasteiger partial charge is 0.497 e. The molecule has 0 bridgehead atoms. The van der Waals surface area contributed by atoms with E-state index in [1.54, 1.807) is 7.11 Å². The SMILES string of the molecule is COc1ccc(OCCOc2c(C)ccc(N)c2C)cc1. The lowest BCUT2D eigenvalue weighted by Crippen LogP contribution is -2.10. The third-order valence-corrected chi connectivity index (χ3v) is 3.30. The smallest absolute Gasteiger partial charge is 0.127 e. The van der Waals surface area contributed by atoms with Crippen molar-refractivity contribution in [2.24, 2.45) is 0 Å². The monoisotopic (exact) mass is 287 g/mol. The molecule has 0 aliphatic heterocycles. The van der Waals surface area contributed by atoms with Crippen LogP contribution in [0, 0.1) is 13.8 Å². The molecule has 4 heteroatoms. The maximum atomic E-state index is 5.89. The first kappa shape index (κ1) is 15.0. The number of ether oxygens (including phenoxy) is 3. The Morgan fingerprint density at radius 3 is 2.14 bits per heavy atom. The topological polar surface area (TPSA) is 53.7 Å². The first-order valence-electron chi connectivity index (χ1n) is 6.87. The summed E-state index contributed by atoms with van der Waals surface area (Å²) in [5, 5.41) is 0.